The molecule has 4 heterocycles. The Morgan fingerprint density at radius 1 is 1.18 bits per heavy atom. The number of esters is 1. The predicted molar refractivity (Wildman–Crippen MR) is 135 cm³/mol. The van der Waals surface area contributed by atoms with Crippen LogP contribution in [0.1, 0.15) is 35.0 Å². The van der Waals surface area contributed by atoms with E-state index in [0.717, 1.165) is 45.7 Å². The summed E-state index contributed by atoms with van der Waals surface area (Å²) < 4.78 is 5.79. The van der Waals surface area contributed by atoms with E-state index in [2.05, 4.69) is 15.2 Å². The molecule has 3 aromatic heterocycles. The third-order valence-corrected chi connectivity index (χ3v) is 7.51. The van der Waals surface area contributed by atoms with Gasteiger partial charge in [-0.15, -0.1) is 22.7 Å². The van der Waals surface area contributed by atoms with E-state index in [1.54, 1.807) is 11.3 Å². The van der Waals surface area contributed by atoms with Gasteiger partial charge in [-0.3, -0.25) is 15.1 Å². The second-order valence-corrected chi connectivity index (χ2v) is 10.0. The largest absolute Gasteiger partial charge is 0.449 e. The lowest BCUT2D eigenvalue weighted by Crippen LogP contribution is -2.34. The fourth-order valence-electron chi connectivity index (χ4n) is 4.12. The lowest BCUT2D eigenvalue weighted by Gasteiger charge is -2.27. The molecule has 7 nitrogen and oxygen atoms in total. The van der Waals surface area contributed by atoms with E-state index in [1.165, 1.54) is 11.3 Å². The minimum absolute atomic E-state index is 0.353. The Balaban J connectivity index is 1.39. The number of thiophene rings is 1. The summed E-state index contributed by atoms with van der Waals surface area (Å²) in [5, 5.41) is 7.93. The topological polar surface area (TPSA) is 84.4 Å². The first-order valence-corrected chi connectivity index (χ1v) is 12.9. The lowest BCUT2D eigenvalue weighted by atomic mass is 9.96. The zero-order valence-electron chi connectivity index (χ0n) is 18.9. The number of fused-ring (bicyclic) bond motifs is 2. The van der Waals surface area contributed by atoms with Crippen LogP contribution in [0.5, 0.6) is 0 Å². The number of anilines is 1. The maximum atomic E-state index is 13.5. The number of pyridine rings is 1. The maximum absolute atomic E-state index is 13.5. The number of thiazole rings is 1. The van der Waals surface area contributed by atoms with Gasteiger partial charge >= 0.3 is 5.97 Å². The number of likely N-dealkylation sites (N-methyl/N-ethyl adjacent to an activating group) is 1. The molecule has 34 heavy (non-hydrogen) atoms. The minimum Gasteiger partial charge on any atom is -0.449 e. The van der Waals surface area contributed by atoms with Crippen LogP contribution in [0.25, 0.3) is 21.5 Å². The Morgan fingerprint density at radius 3 is 2.82 bits per heavy atom. The van der Waals surface area contributed by atoms with E-state index < -0.39 is 12.1 Å². The SMILES string of the molecule is CCC(OC(=O)c1c2c(nc3ccccc13)CCN(C)C2)C(=O)Nc1nc(-c2cccs2)cs1. The van der Waals surface area contributed by atoms with Crippen molar-refractivity contribution in [3.63, 3.8) is 0 Å². The molecule has 0 fully saturated rings. The van der Waals surface area contributed by atoms with Crippen molar-refractivity contribution in [3.05, 3.63) is 64.0 Å². The zero-order chi connectivity index (χ0) is 23.7. The summed E-state index contributed by atoms with van der Waals surface area (Å²) in [5.74, 6) is -0.877. The highest BCUT2D eigenvalue weighted by atomic mass is 32.1. The number of nitrogens with one attached hydrogen (secondary N) is 1. The minimum atomic E-state index is -0.925. The van der Waals surface area contributed by atoms with E-state index in [1.807, 2.05) is 61.1 Å². The molecule has 0 aliphatic carbocycles. The third kappa shape index (κ3) is 4.46. The zero-order valence-corrected chi connectivity index (χ0v) is 20.5. The van der Waals surface area contributed by atoms with Gasteiger partial charge in [-0.25, -0.2) is 9.78 Å². The predicted octanol–water partition coefficient (Wildman–Crippen LogP) is 4.98. The quantitative estimate of drug-likeness (QED) is 0.382. The average molecular weight is 493 g/mol. The molecule has 5 rings (SSSR count). The van der Waals surface area contributed by atoms with Crippen molar-refractivity contribution >= 4 is 50.6 Å². The van der Waals surface area contributed by atoms with Gasteiger partial charge in [-0.1, -0.05) is 31.2 Å². The number of rotatable bonds is 6. The number of aromatic nitrogens is 2. The van der Waals surface area contributed by atoms with Crippen LogP contribution in [0.15, 0.2) is 47.2 Å². The van der Waals surface area contributed by atoms with Gasteiger partial charge in [0.1, 0.15) is 0 Å². The standard InChI is InChI=1S/C25H24N4O3S2/c1-3-20(23(30)28-25-27-19(14-34-25)21-9-6-12-33-21)32-24(31)22-15-7-4-5-8-17(15)26-18-10-11-29(2)13-16(18)22/h4-9,12,14,20H,3,10-11,13H2,1-2H3,(H,27,28,30). The van der Waals surface area contributed by atoms with Gasteiger partial charge in [0.25, 0.3) is 5.91 Å². The van der Waals surface area contributed by atoms with E-state index in [9.17, 15) is 9.59 Å². The molecule has 0 saturated carbocycles. The normalized spacial score (nSPS) is 14.5. The van der Waals surface area contributed by atoms with E-state index in [-0.39, 0.29) is 5.91 Å². The molecule has 1 amide bonds. The molecular formula is C25H24N4O3S2. The number of carbonyl (C=O) groups is 2. The van der Waals surface area contributed by atoms with E-state index in [4.69, 9.17) is 9.72 Å². The molecule has 1 atom stereocenters. The van der Waals surface area contributed by atoms with Crippen LogP contribution < -0.4 is 5.32 Å². The number of amides is 1. The molecule has 0 spiro atoms. The number of para-hydroxylation sites is 1. The highest BCUT2D eigenvalue weighted by Gasteiger charge is 2.29. The molecule has 1 N–H and O–H groups in total. The van der Waals surface area contributed by atoms with Crippen molar-refractivity contribution in [1.29, 1.82) is 0 Å². The van der Waals surface area contributed by atoms with Crippen LogP contribution in [0, 0.1) is 0 Å². The molecule has 1 aliphatic rings. The van der Waals surface area contributed by atoms with Crippen molar-refractivity contribution in [2.24, 2.45) is 0 Å². The van der Waals surface area contributed by atoms with E-state index in [0.29, 0.717) is 23.7 Å². The third-order valence-electron chi connectivity index (χ3n) is 5.86. The fraction of sp³-hybridized carbons (Fsp3) is 0.280. The molecule has 1 aliphatic heterocycles. The second-order valence-electron chi connectivity index (χ2n) is 8.22. The van der Waals surface area contributed by atoms with Crippen LogP contribution in [0.4, 0.5) is 5.13 Å². The van der Waals surface area contributed by atoms with Gasteiger partial charge in [0, 0.05) is 41.5 Å². The van der Waals surface area contributed by atoms with Gasteiger partial charge in [0.05, 0.1) is 21.7 Å². The van der Waals surface area contributed by atoms with Crippen molar-refractivity contribution in [1.82, 2.24) is 14.9 Å². The summed E-state index contributed by atoms with van der Waals surface area (Å²) in [4.78, 5) is 38.9. The summed E-state index contributed by atoms with van der Waals surface area (Å²) in [5.41, 5.74) is 3.89. The number of benzene rings is 1. The Bertz CT molecular complexity index is 1350. The summed E-state index contributed by atoms with van der Waals surface area (Å²) >= 11 is 2.94. The van der Waals surface area contributed by atoms with E-state index >= 15 is 0 Å². The number of ether oxygens (including phenoxy) is 1. The average Bonchev–Trinajstić information content (AvgIpc) is 3.53. The molecule has 174 valence electrons. The second kappa shape index (κ2) is 9.61. The highest BCUT2D eigenvalue weighted by molar-refractivity contribution is 7.16. The summed E-state index contributed by atoms with van der Waals surface area (Å²) in [6, 6.07) is 11.5. The maximum Gasteiger partial charge on any atom is 0.340 e. The summed E-state index contributed by atoms with van der Waals surface area (Å²) in [6.07, 6.45) is 0.197. The summed E-state index contributed by atoms with van der Waals surface area (Å²) in [7, 11) is 2.02. The molecular weight excluding hydrogens is 468 g/mol. The van der Waals surface area contributed by atoms with Gasteiger partial charge in [-0.05, 0) is 31.0 Å². The highest BCUT2D eigenvalue weighted by Crippen LogP contribution is 2.30. The number of nitrogens with zero attached hydrogens (tertiary/aromatic N) is 3. The van der Waals surface area contributed by atoms with Crippen LogP contribution in [0.3, 0.4) is 0 Å². The fourth-order valence-corrected chi connectivity index (χ4v) is 5.60. The monoisotopic (exact) mass is 492 g/mol. The lowest BCUT2D eigenvalue weighted by molar-refractivity contribution is -0.124. The van der Waals surface area contributed by atoms with Gasteiger partial charge in [0.15, 0.2) is 11.2 Å². The van der Waals surface area contributed by atoms with Crippen molar-refractivity contribution in [2.45, 2.75) is 32.4 Å². The Kier molecular flexibility index (Phi) is 6.40. The van der Waals surface area contributed by atoms with Crippen LogP contribution >= 0.6 is 22.7 Å². The van der Waals surface area contributed by atoms with Crippen LogP contribution in [0.2, 0.25) is 0 Å². The van der Waals surface area contributed by atoms with Crippen molar-refractivity contribution in [2.75, 3.05) is 18.9 Å². The Labute approximate surface area is 205 Å². The Morgan fingerprint density at radius 2 is 2.03 bits per heavy atom. The Hall–Kier alpha value is -3.14. The van der Waals surface area contributed by atoms with Crippen molar-refractivity contribution < 1.29 is 14.3 Å². The van der Waals surface area contributed by atoms with Gasteiger partial charge in [-0.2, -0.15) is 0 Å². The molecule has 0 saturated heterocycles. The molecule has 9 heteroatoms. The molecule has 4 aromatic rings. The number of carbonyl (C=O) groups excluding carboxylic acids is 2. The van der Waals surface area contributed by atoms with Crippen LogP contribution in [-0.4, -0.2) is 46.4 Å². The van der Waals surface area contributed by atoms with Crippen LogP contribution in [-0.2, 0) is 22.5 Å². The molecule has 1 unspecified atom stereocenters. The molecule has 0 bridgehead atoms. The number of hydrogen-bond donors (Lipinski definition) is 1. The van der Waals surface area contributed by atoms with Gasteiger partial charge in [0.2, 0.25) is 0 Å². The first kappa shape index (κ1) is 22.6. The molecule has 1 aromatic carbocycles. The first-order chi connectivity index (χ1) is 16.5. The summed E-state index contributed by atoms with van der Waals surface area (Å²) in [6.45, 7) is 3.32. The molecule has 0 radical (unpaired) electrons. The smallest absolute Gasteiger partial charge is 0.340 e. The van der Waals surface area contributed by atoms with Crippen molar-refractivity contribution in [3.8, 4) is 10.6 Å². The first-order valence-electron chi connectivity index (χ1n) is 11.1. The number of hydrogen-bond acceptors (Lipinski definition) is 8. The van der Waals surface area contributed by atoms with Gasteiger partial charge < -0.3 is 9.64 Å².